The van der Waals surface area contributed by atoms with Gasteiger partial charge in [0.1, 0.15) is 5.75 Å². The van der Waals surface area contributed by atoms with Crippen molar-refractivity contribution in [1.82, 2.24) is 15.6 Å². The van der Waals surface area contributed by atoms with Crippen LogP contribution < -0.4 is 15.4 Å². The third-order valence-corrected chi connectivity index (χ3v) is 4.39. The minimum Gasteiger partial charge on any atom is -0.497 e. The van der Waals surface area contributed by atoms with Gasteiger partial charge in [-0.1, -0.05) is 24.3 Å². The molecule has 0 atom stereocenters. The van der Waals surface area contributed by atoms with Gasteiger partial charge in [0, 0.05) is 37.2 Å². The number of H-pyrrole nitrogens is 1. The molecule has 3 aromatic rings. The van der Waals surface area contributed by atoms with Crippen LogP contribution in [0.25, 0.3) is 10.9 Å². The van der Waals surface area contributed by atoms with Crippen LogP contribution in [0.4, 0.5) is 0 Å². The molecule has 3 rings (SSSR count). The molecule has 26 heavy (non-hydrogen) atoms. The molecule has 136 valence electrons. The molecule has 0 aliphatic rings. The number of aromatic amines is 1. The van der Waals surface area contributed by atoms with Crippen molar-refractivity contribution in [3.05, 3.63) is 65.4 Å². The molecule has 0 bridgehead atoms. The third-order valence-electron chi connectivity index (χ3n) is 4.39. The van der Waals surface area contributed by atoms with Crippen LogP contribution in [0.2, 0.25) is 0 Å². The number of hydrogen-bond acceptors (Lipinski definition) is 2. The Bertz CT molecular complexity index is 898. The van der Waals surface area contributed by atoms with E-state index >= 15 is 0 Å². The van der Waals surface area contributed by atoms with Crippen molar-refractivity contribution in [2.45, 2.75) is 19.9 Å². The zero-order valence-electron chi connectivity index (χ0n) is 15.6. The summed E-state index contributed by atoms with van der Waals surface area (Å²) in [6, 6.07) is 14.6. The van der Waals surface area contributed by atoms with Gasteiger partial charge in [0.25, 0.3) is 0 Å². The molecule has 5 nitrogen and oxygen atoms in total. The van der Waals surface area contributed by atoms with Crippen LogP contribution in [-0.4, -0.2) is 31.6 Å². The highest BCUT2D eigenvalue weighted by molar-refractivity contribution is 5.83. The summed E-state index contributed by atoms with van der Waals surface area (Å²) in [7, 11) is 3.48. The van der Waals surface area contributed by atoms with E-state index in [9.17, 15) is 0 Å². The summed E-state index contributed by atoms with van der Waals surface area (Å²) in [6.45, 7) is 3.59. The fourth-order valence-electron chi connectivity index (χ4n) is 3.10. The quantitative estimate of drug-likeness (QED) is 0.472. The molecule has 3 N–H and O–H groups in total. The maximum absolute atomic E-state index is 5.33. The summed E-state index contributed by atoms with van der Waals surface area (Å²) in [5.74, 6) is 1.68. The number of fused-ring (bicyclic) bond motifs is 1. The van der Waals surface area contributed by atoms with Gasteiger partial charge in [0.15, 0.2) is 5.96 Å². The summed E-state index contributed by atoms with van der Waals surface area (Å²) in [5.41, 5.74) is 4.84. The molecule has 0 amide bonds. The zero-order valence-corrected chi connectivity index (χ0v) is 15.6. The van der Waals surface area contributed by atoms with Crippen molar-refractivity contribution in [1.29, 1.82) is 0 Å². The molecule has 0 radical (unpaired) electrons. The Hall–Kier alpha value is -2.95. The predicted octanol–water partition coefficient (Wildman–Crippen LogP) is 3.39. The summed E-state index contributed by atoms with van der Waals surface area (Å²) >= 11 is 0. The number of ether oxygens (including phenoxy) is 1. The molecular weight excluding hydrogens is 324 g/mol. The van der Waals surface area contributed by atoms with Crippen LogP contribution in [0.3, 0.4) is 0 Å². The van der Waals surface area contributed by atoms with Crippen molar-refractivity contribution in [3.63, 3.8) is 0 Å². The van der Waals surface area contributed by atoms with Crippen molar-refractivity contribution < 1.29 is 4.74 Å². The lowest BCUT2D eigenvalue weighted by atomic mass is 10.1. The minimum absolute atomic E-state index is 0.699. The van der Waals surface area contributed by atoms with Gasteiger partial charge in [-0.25, -0.2) is 0 Å². The first-order chi connectivity index (χ1) is 12.7. The average molecular weight is 350 g/mol. The summed E-state index contributed by atoms with van der Waals surface area (Å²) in [6.07, 6.45) is 3.02. The van der Waals surface area contributed by atoms with Gasteiger partial charge in [0.05, 0.1) is 7.11 Å². The largest absolute Gasteiger partial charge is 0.497 e. The third kappa shape index (κ3) is 4.36. The van der Waals surface area contributed by atoms with E-state index < -0.39 is 0 Å². The monoisotopic (exact) mass is 350 g/mol. The van der Waals surface area contributed by atoms with Crippen LogP contribution in [0.1, 0.15) is 16.7 Å². The van der Waals surface area contributed by atoms with Crippen molar-refractivity contribution in [3.8, 4) is 5.75 Å². The highest BCUT2D eigenvalue weighted by Crippen LogP contribution is 2.18. The number of nitrogens with zero attached hydrogens (tertiary/aromatic N) is 1. The second kappa shape index (κ2) is 8.43. The fraction of sp³-hybridized carbons (Fsp3) is 0.286. The number of hydrogen-bond donors (Lipinski definition) is 3. The van der Waals surface area contributed by atoms with Gasteiger partial charge in [-0.15, -0.1) is 0 Å². The fourth-order valence-corrected chi connectivity index (χ4v) is 3.10. The summed E-state index contributed by atoms with van der Waals surface area (Å²) < 4.78 is 5.33. The summed E-state index contributed by atoms with van der Waals surface area (Å²) in [4.78, 5) is 7.62. The van der Waals surface area contributed by atoms with Crippen molar-refractivity contribution >= 4 is 16.9 Å². The second-order valence-corrected chi connectivity index (χ2v) is 6.32. The standard InChI is InChI=1S/C21H26N4O/c1-15-10-16(12-18(11-15)26-3)13-25-21(22-2)23-9-8-17-14-24-20-7-5-4-6-19(17)20/h4-7,10-12,14,24H,8-9,13H2,1-3H3,(H2,22,23,25). The van der Waals surface area contributed by atoms with E-state index in [-0.39, 0.29) is 0 Å². The van der Waals surface area contributed by atoms with E-state index in [4.69, 9.17) is 4.74 Å². The van der Waals surface area contributed by atoms with Crippen molar-refractivity contribution in [2.24, 2.45) is 4.99 Å². The maximum Gasteiger partial charge on any atom is 0.191 e. The van der Waals surface area contributed by atoms with Gasteiger partial charge in [-0.2, -0.15) is 0 Å². The first-order valence-electron chi connectivity index (χ1n) is 8.83. The lowest BCUT2D eigenvalue weighted by Crippen LogP contribution is -2.37. The Labute approximate surface area is 154 Å². The average Bonchev–Trinajstić information content (AvgIpc) is 3.07. The van der Waals surface area contributed by atoms with Crippen LogP contribution >= 0.6 is 0 Å². The van der Waals surface area contributed by atoms with E-state index in [2.05, 4.69) is 58.0 Å². The smallest absolute Gasteiger partial charge is 0.191 e. The van der Waals surface area contributed by atoms with Crippen LogP contribution in [0.5, 0.6) is 5.75 Å². The van der Waals surface area contributed by atoms with E-state index in [0.717, 1.165) is 24.7 Å². The molecule has 1 heterocycles. The Balaban J connectivity index is 1.53. The highest BCUT2D eigenvalue weighted by atomic mass is 16.5. The number of aliphatic imine (C=N–C) groups is 1. The van der Waals surface area contributed by atoms with Crippen LogP contribution in [0.15, 0.2) is 53.7 Å². The highest BCUT2D eigenvalue weighted by Gasteiger charge is 2.04. The van der Waals surface area contributed by atoms with Crippen LogP contribution in [0, 0.1) is 6.92 Å². The van der Waals surface area contributed by atoms with E-state index in [1.165, 1.54) is 27.6 Å². The molecule has 0 aliphatic carbocycles. The van der Waals surface area contributed by atoms with Gasteiger partial charge in [-0.3, -0.25) is 4.99 Å². The molecule has 5 heteroatoms. The number of rotatable bonds is 6. The van der Waals surface area contributed by atoms with Gasteiger partial charge >= 0.3 is 0 Å². The Kier molecular flexibility index (Phi) is 5.79. The molecule has 0 unspecified atom stereocenters. The SMILES string of the molecule is CN=C(NCCc1c[nH]c2ccccc12)NCc1cc(C)cc(OC)c1. The number of aromatic nitrogens is 1. The van der Waals surface area contributed by atoms with E-state index in [0.29, 0.717) is 6.54 Å². The zero-order chi connectivity index (χ0) is 18.4. The maximum atomic E-state index is 5.33. The molecule has 0 saturated carbocycles. The number of para-hydroxylation sites is 1. The number of aryl methyl sites for hydroxylation is 1. The normalized spacial score (nSPS) is 11.6. The molecule has 0 spiro atoms. The van der Waals surface area contributed by atoms with Gasteiger partial charge in [0.2, 0.25) is 0 Å². The van der Waals surface area contributed by atoms with Gasteiger partial charge in [-0.05, 0) is 48.2 Å². The molecule has 1 aromatic heterocycles. The lowest BCUT2D eigenvalue weighted by molar-refractivity contribution is 0.414. The first kappa shape index (κ1) is 17.9. The Morgan fingerprint density at radius 3 is 2.81 bits per heavy atom. The second-order valence-electron chi connectivity index (χ2n) is 6.32. The summed E-state index contributed by atoms with van der Waals surface area (Å²) in [5, 5.41) is 8.02. The Morgan fingerprint density at radius 1 is 1.15 bits per heavy atom. The first-order valence-corrected chi connectivity index (χ1v) is 8.83. The van der Waals surface area contributed by atoms with Gasteiger partial charge < -0.3 is 20.4 Å². The molecular formula is C21H26N4O. The lowest BCUT2D eigenvalue weighted by Gasteiger charge is -2.13. The molecule has 2 aromatic carbocycles. The topological polar surface area (TPSA) is 61.4 Å². The molecule has 0 saturated heterocycles. The number of nitrogens with one attached hydrogen (secondary N) is 3. The number of guanidine groups is 1. The van der Waals surface area contributed by atoms with Crippen LogP contribution in [-0.2, 0) is 13.0 Å². The van der Waals surface area contributed by atoms with E-state index in [1.807, 2.05) is 18.2 Å². The minimum atomic E-state index is 0.699. The molecule has 0 fully saturated rings. The number of benzene rings is 2. The molecule has 0 aliphatic heterocycles. The van der Waals surface area contributed by atoms with Crippen molar-refractivity contribution in [2.75, 3.05) is 20.7 Å². The number of methoxy groups -OCH3 is 1. The Morgan fingerprint density at radius 2 is 2.00 bits per heavy atom. The van der Waals surface area contributed by atoms with E-state index in [1.54, 1.807) is 14.2 Å². The predicted molar refractivity (Wildman–Crippen MR) is 108 cm³/mol.